The third-order valence-electron chi connectivity index (χ3n) is 4.07. The number of benzene rings is 1. The van der Waals surface area contributed by atoms with Gasteiger partial charge in [-0.05, 0) is 64.0 Å². The predicted molar refractivity (Wildman–Crippen MR) is 87.6 cm³/mol. The first-order chi connectivity index (χ1) is 10.1. The molecule has 0 spiro atoms. The maximum absolute atomic E-state index is 11.9. The Balaban J connectivity index is 1.95. The summed E-state index contributed by atoms with van der Waals surface area (Å²) in [5.74, 6) is 0.619. The van der Waals surface area contributed by atoms with Gasteiger partial charge in [0.1, 0.15) is 0 Å². The molecule has 21 heavy (non-hydrogen) atoms. The van der Waals surface area contributed by atoms with Crippen molar-refractivity contribution in [2.24, 2.45) is 5.92 Å². The number of hydrogen-bond donors (Lipinski definition) is 3. The Morgan fingerprint density at radius 2 is 2.10 bits per heavy atom. The minimum Gasteiger partial charge on any atom is -0.397 e. The summed E-state index contributed by atoms with van der Waals surface area (Å²) in [5.41, 5.74) is 8.20. The van der Waals surface area contributed by atoms with Gasteiger partial charge in [-0.1, -0.05) is 0 Å². The van der Waals surface area contributed by atoms with Crippen LogP contribution in [0.2, 0.25) is 0 Å². The molecule has 0 aliphatic carbocycles. The van der Waals surface area contributed by atoms with Crippen LogP contribution >= 0.6 is 0 Å². The quantitative estimate of drug-likeness (QED) is 0.723. The van der Waals surface area contributed by atoms with Gasteiger partial charge in [0.15, 0.2) is 0 Å². The van der Waals surface area contributed by atoms with Gasteiger partial charge in [-0.15, -0.1) is 0 Å². The number of nitrogens with two attached hydrogens (primary N) is 1. The molecule has 4 N–H and O–H groups in total. The van der Waals surface area contributed by atoms with Gasteiger partial charge in [-0.2, -0.15) is 0 Å². The van der Waals surface area contributed by atoms with E-state index >= 15 is 0 Å². The van der Waals surface area contributed by atoms with E-state index in [2.05, 4.69) is 22.6 Å². The second-order valence-corrected chi connectivity index (χ2v) is 5.79. The van der Waals surface area contributed by atoms with Crippen LogP contribution in [0, 0.1) is 5.92 Å². The summed E-state index contributed by atoms with van der Waals surface area (Å²) in [7, 11) is 2.16. The molecule has 1 fully saturated rings. The summed E-state index contributed by atoms with van der Waals surface area (Å²) in [4.78, 5) is 14.2. The molecule has 1 saturated heterocycles. The van der Waals surface area contributed by atoms with Crippen LogP contribution in [0.3, 0.4) is 0 Å². The fourth-order valence-corrected chi connectivity index (χ4v) is 2.63. The van der Waals surface area contributed by atoms with Gasteiger partial charge >= 0.3 is 0 Å². The normalized spacial score (nSPS) is 16.7. The molecule has 0 unspecified atom stereocenters. The Hall–Kier alpha value is -1.75. The zero-order valence-electron chi connectivity index (χ0n) is 13.0. The zero-order valence-corrected chi connectivity index (χ0v) is 13.0. The molecule has 0 bridgehead atoms. The topological polar surface area (TPSA) is 70.4 Å². The summed E-state index contributed by atoms with van der Waals surface area (Å²) >= 11 is 0. The summed E-state index contributed by atoms with van der Waals surface area (Å²) in [6.07, 6.45) is 2.42. The Labute approximate surface area is 126 Å². The van der Waals surface area contributed by atoms with E-state index in [9.17, 15) is 4.79 Å². The molecule has 0 saturated carbocycles. The number of nitrogen functional groups attached to an aromatic ring is 1. The van der Waals surface area contributed by atoms with E-state index in [1.165, 1.54) is 12.8 Å². The van der Waals surface area contributed by atoms with Crippen LogP contribution in [0.4, 0.5) is 11.4 Å². The van der Waals surface area contributed by atoms with Gasteiger partial charge in [0, 0.05) is 18.7 Å². The van der Waals surface area contributed by atoms with E-state index in [1.54, 1.807) is 12.1 Å². The Morgan fingerprint density at radius 1 is 1.38 bits per heavy atom. The van der Waals surface area contributed by atoms with Crippen LogP contribution in [-0.4, -0.2) is 44.0 Å². The Bertz CT molecular complexity index is 481. The summed E-state index contributed by atoms with van der Waals surface area (Å²) in [5, 5.41) is 6.22. The molecule has 116 valence electrons. The standard InChI is InChI=1S/C16H26N4O/c1-3-18-16(21)13-4-5-14(17)15(10-13)19-11-12-6-8-20(2)9-7-12/h4-5,10,12,19H,3,6-9,11,17H2,1-2H3,(H,18,21). The Morgan fingerprint density at radius 3 is 2.76 bits per heavy atom. The first-order valence-electron chi connectivity index (χ1n) is 7.70. The number of nitrogens with one attached hydrogen (secondary N) is 2. The van der Waals surface area contributed by atoms with Crippen LogP contribution in [0.5, 0.6) is 0 Å². The second kappa shape index (κ2) is 7.31. The molecule has 5 nitrogen and oxygen atoms in total. The van der Waals surface area contributed by atoms with Crippen molar-refractivity contribution in [3.63, 3.8) is 0 Å². The van der Waals surface area contributed by atoms with Crippen LogP contribution in [0.1, 0.15) is 30.1 Å². The van der Waals surface area contributed by atoms with E-state index in [0.29, 0.717) is 23.7 Å². The van der Waals surface area contributed by atoms with E-state index in [4.69, 9.17) is 5.73 Å². The molecule has 0 aromatic heterocycles. The molecule has 1 aliphatic rings. The molecular weight excluding hydrogens is 264 g/mol. The van der Waals surface area contributed by atoms with Crippen LogP contribution in [0.25, 0.3) is 0 Å². The molecule has 1 aliphatic heterocycles. The largest absolute Gasteiger partial charge is 0.397 e. The fourth-order valence-electron chi connectivity index (χ4n) is 2.63. The first kappa shape index (κ1) is 15.6. The highest BCUT2D eigenvalue weighted by Gasteiger charge is 2.16. The van der Waals surface area contributed by atoms with Gasteiger partial charge in [0.25, 0.3) is 5.91 Å². The molecule has 1 amide bonds. The van der Waals surface area contributed by atoms with Crippen molar-refractivity contribution in [3.05, 3.63) is 23.8 Å². The molecule has 5 heteroatoms. The number of likely N-dealkylation sites (tertiary alicyclic amines) is 1. The highest BCUT2D eigenvalue weighted by Crippen LogP contribution is 2.22. The minimum atomic E-state index is -0.0557. The van der Waals surface area contributed by atoms with Gasteiger partial charge in [0.05, 0.1) is 11.4 Å². The first-order valence-corrected chi connectivity index (χ1v) is 7.70. The molecule has 1 aromatic carbocycles. The molecule has 2 rings (SSSR count). The van der Waals surface area contributed by atoms with E-state index in [0.717, 1.165) is 25.3 Å². The molecule has 1 heterocycles. The number of rotatable bonds is 5. The van der Waals surface area contributed by atoms with Crippen molar-refractivity contribution >= 4 is 17.3 Å². The lowest BCUT2D eigenvalue weighted by atomic mass is 9.97. The van der Waals surface area contributed by atoms with Crippen molar-refractivity contribution in [2.75, 3.05) is 44.3 Å². The highest BCUT2D eigenvalue weighted by atomic mass is 16.1. The van der Waals surface area contributed by atoms with Crippen LogP contribution < -0.4 is 16.4 Å². The summed E-state index contributed by atoms with van der Waals surface area (Å²) in [6.45, 7) is 5.76. The lowest BCUT2D eigenvalue weighted by molar-refractivity contribution is 0.0956. The number of carbonyl (C=O) groups excluding carboxylic acids is 1. The van der Waals surface area contributed by atoms with Gasteiger partial charge in [-0.3, -0.25) is 4.79 Å². The average molecular weight is 290 g/mol. The molecule has 0 radical (unpaired) electrons. The number of nitrogens with zero attached hydrogens (tertiary/aromatic N) is 1. The number of anilines is 2. The van der Waals surface area contributed by atoms with Gasteiger partial charge in [-0.25, -0.2) is 0 Å². The lowest BCUT2D eigenvalue weighted by Gasteiger charge is -2.29. The van der Waals surface area contributed by atoms with E-state index in [-0.39, 0.29) is 5.91 Å². The van der Waals surface area contributed by atoms with Crippen molar-refractivity contribution < 1.29 is 4.79 Å². The SMILES string of the molecule is CCNC(=O)c1ccc(N)c(NCC2CCN(C)CC2)c1. The monoisotopic (exact) mass is 290 g/mol. The summed E-state index contributed by atoms with van der Waals surface area (Å²) in [6, 6.07) is 5.40. The zero-order chi connectivity index (χ0) is 15.2. The fraction of sp³-hybridized carbons (Fsp3) is 0.562. The van der Waals surface area contributed by atoms with E-state index in [1.807, 2.05) is 13.0 Å². The van der Waals surface area contributed by atoms with E-state index < -0.39 is 0 Å². The van der Waals surface area contributed by atoms with Crippen molar-refractivity contribution in [1.29, 1.82) is 0 Å². The van der Waals surface area contributed by atoms with Crippen LogP contribution in [-0.2, 0) is 0 Å². The Kier molecular flexibility index (Phi) is 5.44. The highest BCUT2D eigenvalue weighted by molar-refractivity contribution is 5.96. The maximum atomic E-state index is 11.9. The average Bonchev–Trinajstić information content (AvgIpc) is 2.48. The van der Waals surface area contributed by atoms with Crippen molar-refractivity contribution in [2.45, 2.75) is 19.8 Å². The second-order valence-electron chi connectivity index (χ2n) is 5.79. The predicted octanol–water partition coefficient (Wildman–Crippen LogP) is 1.77. The lowest BCUT2D eigenvalue weighted by Crippen LogP contribution is -2.33. The number of carbonyl (C=O) groups is 1. The molecule has 1 aromatic rings. The van der Waals surface area contributed by atoms with Crippen molar-refractivity contribution in [1.82, 2.24) is 10.2 Å². The third-order valence-corrected chi connectivity index (χ3v) is 4.07. The molecular formula is C16H26N4O. The van der Waals surface area contributed by atoms with Gasteiger partial charge in [0.2, 0.25) is 0 Å². The number of amides is 1. The number of hydrogen-bond acceptors (Lipinski definition) is 4. The third kappa shape index (κ3) is 4.36. The minimum absolute atomic E-state index is 0.0557. The smallest absolute Gasteiger partial charge is 0.251 e. The maximum Gasteiger partial charge on any atom is 0.251 e. The summed E-state index contributed by atoms with van der Waals surface area (Å²) < 4.78 is 0. The van der Waals surface area contributed by atoms with Crippen molar-refractivity contribution in [3.8, 4) is 0 Å². The van der Waals surface area contributed by atoms with Gasteiger partial charge < -0.3 is 21.3 Å². The van der Waals surface area contributed by atoms with Crippen LogP contribution in [0.15, 0.2) is 18.2 Å². The number of piperidine rings is 1. The molecule has 0 atom stereocenters.